The van der Waals surface area contributed by atoms with Crippen LogP contribution in [0.25, 0.3) is 5.65 Å². The molecule has 0 saturated heterocycles. The molecule has 4 N–H and O–H groups in total. The number of allylic oxidation sites excluding steroid dienone is 1. The van der Waals surface area contributed by atoms with E-state index in [0.29, 0.717) is 18.4 Å². The molecule has 3 aromatic heterocycles. The quantitative estimate of drug-likeness (QED) is 0.268. The summed E-state index contributed by atoms with van der Waals surface area (Å²) in [5.41, 5.74) is -0.599. The Hall–Kier alpha value is -4.17. The van der Waals surface area contributed by atoms with Crippen LogP contribution in [0.5, 0.6) is 0 Å². The molecule has 2 aliphatic rings. The topological polar surface area (TPSA) is 142 Å². The molecular formula is C26H24F4N6O4. The van der Waals surface area contributed by atoms with E-state index in [1.807, 2.05) is 13.0 Å². The Morgan fingerprint density at radius 1 is 1.20 bits per heavy atom. The zero-order valence-corrected chi connectivity index (χ0v) is 21.0. The van der Waals surface area contributed by atoms with Gasteiger partial charge in [0.15, 0.2) is 17.8 Å². The number of aromatic nitrogens is 4. The van der Waals surface area contributed by atoms with Crippen molar-refractivity contribution in [2.75, 3.05) is 0 Å². The summed E-state index contributed by atoms with van der Waals surface area (Å²) in [5.74, 6) is -2.46. The van der Waals surface area contributed by atoms with Gasteiger partial charge in [-0.15, -0.1) is 0 Å². The number of fused-ring (bicyclic) bond motifs is 2. The molecule has 1 fully saturated rings. The number of carbonyl (C=O) groups excluding carboxylic acids is 2. The Labute approximate surface area is 224 Å². The van der Waals surface area contributed by atoms with E-state index in [2.05, 4.69) is 25.7 Å². The molecule has 2 unspecified atom stereocenters. The molecule has 40 heavy (non-hydrogen) atoms. The zero-order chi connectivity index (χ0) is 28.8. The molecule has 2 aliphatic carbocycles. The predicted molar refractivity (Wildman–Crippen MR) is 131 cm³/mol. The number of carbonyl (C=O) groups is 2. The van der Waals surface area contributed by atoms with Gasteiger partial charge < -0.3 is 20.8 Å². The smallest absolute Gasteiger partial charge is 0.364 e. The number of amides is 2. The SMILES string of the molecule is CC1=C(C(O)O)C=CC2C1CC[C@@H]2NC(=O)c1cc(C(=O)NCc2ccnc(C(F)(F)F)c2)nc2c(F)cnn12. The second-order valence-corrected chi connectivity index (χ2v) is 9.70. The van der Waals surface area contributed by atoms with E-state index in [1.165, 1.54) is 6.07 Å². The van der Waals surface area contributed by atoms with Crippen LogP contribution in [0, 0.1) is 17.7 Å². The molecule has 0 spiro atoms. The summed E-state index contributed by atoms with van der Waals surface area (Å²) < 4.78 is 54.2. The van der Waals surface area contributed by atoms with Gasteiger partial charge in [-0.2, -0.15) is 18.3 Å². The lowest BCUT2D eigenvalue weighted by molar-refractivity contribution is -0.141. The Morgan fingerprint density at radius 2 is 1.98 bits per heavy atom. The molecule has 3 atom stereocenters. The first-order chi connectivity index (χ1) is 18.9. The van der Waals surface area contributed by atoms with E-state index in [4.69, 9.17) is 0 Å². The molecule has 10 nitrogen and oxygen atoms in total. The second kappa shape index (κ2) is 10.4. The van der Waals surface area contributed by atoms with E-state index < -0.39 is 35.8 Å². The van der Waals surface area contributed by atoms with Gasteiger partial charge in [-0.25, -0.2) is 13.9 Å². The van der Waals surface area contributed by atoms with Gasteiger partial charge in [0.1, 0.15) is 17.1 Å². The maximum atomic E-state index is 14.4. The molecule has 2 amide bonds. The summed E-state index contributed by atoms with van der Waals surface area (Å²) in [6.45, 7) is 1.52. The molecule has 3 aromatic rings. The standard InChI is InChI=1S/C26H24F4N6O4/c1-12-14-4-5-18(16(14)3-2-15(12)25(39)40)35-24(38)20-9-19(34-22-17(27)11-33-36(20)22)23(37)32-10-13-6-7-31-21(8-13)26(28,29)30/h2-3,6-9,11,14,16,18,25,39-40H,4-5,10H2,1H3,(H,32,37)(H,35,38)/t14?,16?,18-/m0/s1. The average molecular weight is 561 g/mol. The lowest BCUT2D eigenvalue weighted by atomic mass is 9.81. The number of hydrogen-bond donors (Lipinski definition) is 4. The highest BCUT2D eigenvalue weighted by Gasteiger charge is 2.39. The largest absolute Gasteiger partial charge is 0.433 e. The number of hydrogen-bond acceptors (Lipinski definition) is 7. The summed E-state index contributed by atoms with van der Waals surface area (Å²) in [5, 5.41) is 28.4. The lowest BCUT2D eigenvalue weighted by Gasteiger charge is -2.29. The van der Waals surface area contributed by atoms with Crippen LogP contribution in [0.15, 0.2) is 53.9 Å². The van der Waals surface area contributed by atoms with Crippen molar-refractivity contribution in [3.05, 3.63) is 82.4 Å². The van der Waals surface area contributed by atoms with Crippen LogP contribution in [-0.2, 0) is 12.7 Å². The van der Waals surface area contributed by atoms with Crippen molar-refractivity contribution in [3.63, 3.8) is 0 Å². The normalized spacial score (nSPS) is 20.8. The molecule has 0 radical (unpaired) electrons. The first-order valence-electron chi connectivity index (χ1n) is 12.3. The van der Waals surface area contributed by atoms with Crippen LogP contribution in [-0.4, -0.2) is 53.9 Å². The maximum absolute atomic E-state index is 14.4. The van der Waals surface area contributed by atoms with E-state index in [9.17, 15) is 37.4 Å². The van der Waals surface area contributed by atoms with Crippen molar-refractivity contribution in [1.29, 1.82) is 0 Å². The van der Waals surface area contributed by atoms with Crippen LogP contribution in [0.3, 0.4) is 0 Å². The third-order valence-electron chi connectivity index (χ3n) is 7.28. The average Bonchev–Trinajstić information content (AvgIpc) is 3.50. The van der Waals surface area contributed by atoms with Crippen LogP contribution >= 0.6 is 0 Å². The van der Waals surface area contributed by atoms with Gasteiger partial charge in [0.2, 0.25) is 0 Å². The lowest BCUT2D eigenvalue weighted by Crippen LogP contribution is -2.40. The number of nitrogens with one attached hydrogen (secondary N) is 2. The van der Waals surface area contributed by atoms with Gasteiger partial charge in [-0.3, -0.25) is 14.6 Å². The molecule has 210 valence electrons. The van der Waals surface area contributed by atoms with Crippen LogP contribution in [0.4, 0.5) is 17.6 Å². The second-order valence-electron chi connectivity index (χ2n) is 9.70. The highest BCUT2D eigenvalue weighted by Crippen LogP contribution is 2.42. The molecule has 0 aliphatic heterocycles. The number of rotatable bonds is 6. The number of pyridine rings is 1. The number of nitrogens with zero attached hydrogens (tertiary/aromatic N) is 4. The van der Waals surface area contributed by atoms with Gasteiger partial charge in [-0.1, -0.05) is 17.7 Å². The number of alkyl halides is 3. The summed E-state index contributed by atoms with van der Waals surface area (Å²) in [6, 6.07) is 2.91. The first kappa shape index (κ1) is 27.4. The van der Waals surface area contributed by atoms with Crippen molar-refractivity contribution < 1.29 is 37.4 Å². The van der Waals surface area contributed by atoms with E-state index in [0.717, 1.165) is 34.6 Å². The van der Waals surface area contributed by atoms with Crippen LogP contribution < -0.4 is 10.6 Å². The summed E-state index contributed by atoms with van der Waals surface area (Å²) in [6.07, 6.45) is 0.310. The van der Waals surface area contributed by atoms with Crippen molar-refractivity contribution >= 4 is 17.5 Å². The van der Waals surface area contributed by atoms with Crippen molar-refractivity contribution in [3.8, 4) is 0 Å². The van der Waals surface area contributed by atoms with E-state index in [1.54, 1.807) is 6.08 Å². The van der Waals surface area contributed by atoms with Gasteiger partial charge in [-0.05, 0) is 43.4 Å². The Balaban J connectivity index is 1.35. The minimum Gasteiger partial charge on any atom is -0.364 e. The third kappa shape index (κ3) is 5.19. The summed E-state index contributed by atoms with van der Waals surface area (Å²) in [7, 11) is 0. The highest BCUT2D eigenvalue weighted by atomic mass is 19.4. The Bertz CT molecular complexity index is 1550. The Morgan fingerprint density at radius 3 is 2.70 bits per heavy atom. The van der Waals surface area contributed by atoms with Gasteiger partial charge in [0.05, 0.1) is 6.20 Å². The fourth-order valence-corrected chi connectivity index (χ4v) is 5.28. The van der Waals surface area contributed by atoms with Gasteiger partial charge >= 0.3 is 6.18 Å². The maximum Gasteiger partial charge on any atom is 0.433 e. The van der Waals surface area contributed by atoms with Gasteiger partial charge in [0.25, 0.3) is 11.8 Å². The molecule has 3 heterocycles. The van der Waals surface area contributed by atoms with Crippen LogP contribution in [0.1, 0.15) is 52.0 Å². The number of aliphatic hydroxyl groups is 2. The molecule has 0 bridgehead atoms. The first-order valence-corrected chi connectivity index (χ1v) is 12.3. The van der Waals surface area contributed by atoms with Crippen molar-refractivity contribution in [2.24, 2.45) is 11.8 Å². The van der Waals surface area contributed by atoms with Crippen molar-refractivity contribution in [2.45, 2.75) is 44.8 Å². The molecule has 1 saturated carbocycles. The molecule has 14 heteroatoms. The minimum absolute atomic E-state index is 0.000839. The fourth-order valence-electron chi connectivity index (χ4n) is 5.28. The van der Waals surface area contributed by atoms with E-state index in [-0.39, 0.29) is 47.0 Å². The monoisotopic (exact) mass is 560 g/mol. The van der Waals surface area contributed by atoms with Crippen LogP contribution in [0.2, 0.25) is 0 Å². The summed E-state index contributed by atoms with van der Waals surface area (Å²) >= 11 is 0. The molecule has 5 rings (SSSR count). The number of aliphatic hydroxyl groups excluding tert-OH is 1. The molecular weight excluding hydrogens is 536 g/mol. The summed E-state index contributed by atoms with van der Waals surface area (Å²) in [4.78, 5) is 33.4. The predicted octanol–water partition coefficient (Wildman–Crippen LogP) is 2.53. The zero-order valence-electron chi connectivity index (χ0n) is 21.0. The third-order valence-corrected chi connectivity index (χ3v) is 7.28. The van der Waals surface area contributed by atoms with E-state index >= 15 is 0 Å². The fraction of sp³-hybridized carbons (Fsp3) is 0.346. The Kier molecular flexibility index (Phi) is 7.14. The highest BCUT2D eigenvalue weighted by molar-refractivity contribution is 5.98. The number of halogens is 4. The van der Waals surface area contributed by atoms with Crippen molar-refractivity contribution in [1.82, 2.24) is 30.2 Å². The minimum atomic E-state index is -4.65. The molecule has 0 aromatic carbocycles. The van der Waals surface area contributed by atoms with Gasteiger partial charge in [0, 0.05) is 36.3 Å².